The van der Waals surface area contributed by atoms with Crippen molar-refractivity contribution in [3.63, 3.8) is 0 Å². The third kappa shape index (κ3) is 3.04. The quantitative estimate of drug-likeness (QED) is 0.881. The molecule has 2 aromatic heterocycles. The van der Waals surface area contributed by atoms with E-state index >= 15 is 0 Å². The molecule has 2 N–H and O–H groups in total. The van der Waals surface area contributed by atoms with Gasteiger partial charge in [-0.3, -0.25) is 0 Å². The Labute approximate surface area is 123 Å². The molecule has 2 aromatic rings. The van der Waals surface area contributed by atoms with Crippen molar-refractivity contribution in [2.45, 2.75) is 25.9 Å². The molecule has 8 nitrogen and oxygen atoms in total. The van der Waals surface area contributed by atoms with E-state index in [0.29, 0.717) is 17.8 Å². The molecule has 0 spiro atoms. The molecule has 1 aliphatic rings. The fraction of sp³-hybridized carbons (Fsp3) is 0.538. The largest absolute Gasteiger partial charge is 0.474 e. The summed E-state index contributed by atoms with van der Waals surface area (Å²) >= 11 is 0. The van der Waals surface area contributed by atoms with Gasteiger partial charge in [0.25, 0.3) is 0 Å². The topological polar surface area (TPSA) is 95.0 Å². The number of nitrogens with two attached hydrogens (primary N) is 1. The standard InChI is InChI=1S/C13H19N7O/c1-9-7-11(16-8-15-9)21-10-3-5-20(6-4-10)13-17-12(14)19(2)18-13/h7-8,10H,3-6H2,1-2H3,(H2,14,17,18). The molecule has 0 atom stereocenters. The predicted octanol–water partition coefficient (Wildman–Crippen LogP) is 0.544. The van der Waals surface area contributed by atoms with Crippen molar-refractivity contribution in [3.8, 4) is 5.88 Å². The van der Waals surface area contributed by atoms with Crippen LogP contribution in [0.15, 0.2) is 12.4 Å². The van der Waals surface area contributed by atoms with Gasteiger partial charge in [-0.05, 0) is 6.92 Å². The van der Waals surface area contributed by atoms with Gasteiger partial charge >= 0.3 is 0 Å². The van der Waals surface area contributed by atoms with Gasteiger partial charge in [-0.15, -0.1) is 5.10 Å². The second-order valence-electron chi connectivity index (χ2n) is 5.20. The Hall–Kier alpha value is -2.38. The predicted molar refractivity (Wildman–Crippen MR) is 78.0 cm³/mol. The second-order valence-corrected chi connectivity index (χ2v) is 5.20. The van der Waals surface area contributed by atoms with E-state index in [2.05, 4.69) is 25.0 Å². The first-order chi connectivity index (χ1) is 10.1. The summed E-state index contributed by atoms with van der Waals surface area (Å²) in [6, 6.07) is 1.85. The van der Waals surface area contributed by atoms with Crippen LogP contribution in [0.3, 0.4) is 0 Å². The van der Waals surface area contributed by atoms with Crippen molar-refractivity contribution in [2.24, 2.45) is 7.05 Å². The number of hydrogen-bond donors (Lipinski definition) is 1. The Balaban J connectivity index is 1.57. The minimum atomic E-state index is 0.164. The van der Waals surface area contributed by atoms with Gasteiger partial charge in [0.2, 0.25) is 17.8 Å². The van der Waals surface area contributed by atoms with Crippen LogP contribution in [0.4, 0.5) is 11.9 Å². The Kier molecular flexibility index (Phi) is 3.59. The van der Waals surface area contributed by atoms with Crippen molar-refractivity contribution >= 4 is 11.9 Å². The average molecular weight is 289 g/mol. The molecule has 1 saturated heterocycles. The minimum absolute atomic E-state index is 0.164. The van der Waals surface area contributed by atoms with Crippen LogP contribution in [0, 0.1) is 6.92 Å². The molecule has 0 amide bonds. The molecular weight excluding hydrogens is 270 g/mol. The molecule has 0 aliphatic carbocycles. The fourth-order valence-corrected chi connectivity index (χ4v) is 2.36. The number of hydrogen-bond acceptors (Lipinski definition) is 7. The Morgan fingerprint density at radius 1 is 1.29 bits per heavy atom. The highest BCUT2D eigenvalue weighted by Crippen LogP contribution is 2.20. The van der Waals surface area contributed by atoms with E-state index < -0.39 is 0 Å². The Morgan fingerprint density at radius 2 is 2.05 bits per heavy atom. The SMILES string of the molecule is Cc1cc(OC2CCN(c3nc(N)n(C)n3)CC2)ncn1. The maximum absolute atomic E-state index is 5.90. The van der Waals surface area contributed by atoms with Gasteiger partial charge < -0.3 is 15.4 Å². The zero-order chi connectivity index (χ0) is 14.8. The van der Waals surface area contributed by atoms with E-state index in [0.717, 1.165) is 31.6 Å². The van der Waals surface area contributed by atoms with Crippen LogP contribution >= 0.6 is 0 Å². The third-order valence-corrected chi connectivity index (χ3v) is 3.58. The van der Waals surface area contributed by atoms with Crippen molar-refractivity contribution in [1.29, 1.82) is 0 Å². The molecule has 3 rings (SSSR count). The number of ether oxygens (including phenoxy) is 1. The van der Waals surface area contributed by atoms with E-state index in [-0.39, 0.29) is 6.10 Å². The summed E-state index contributed by atoms with van der Waals surface area (Å²) in [4.78, 5) is 14.6. The van der Waals surface area contributed by atoms with Crippen LogP contribution in [-0.4, -0.2) is 43.9 Å². The maximum atomic E-state index is 5.90. The van der Waals surface area contributed by atoms with E-state index in [1.807, 2.05) is 13.0 Å². The highest BCUT2D eigenvalue weighted by Gasteiger charge is 2.23. The lowest BCUT2D eigenvalue weighted by Gasteiger charge is -2.31. The zero-order valence-electron chi connectivity index (χ0n) is 12.2. The second kappa shape index (κ2) is 5.55. The van der Waals surface area contributed by atoms with Crippen LogP contribution in [0.5, 0.6) is 5.88 Å². The van der Waals surface area contributed by atoms with Crippen LogP contribution < -0.4 is 15.4 Å². The molecule has 0 unspecified atom stereocenters. The minimum Gasteiger partial charge on any atom is -0.474 e. The average Bonchev–Trinajstić information content (AvgIpc) is 2.79. The first-order valence-electron chi connectivity index (χ1n) is 6.98. The number of rotatable bonds is 3. The third-order valence-electron chi connectivity index (χ3n) is 3.58. The Morgan fingerprint density at radius 3 is 2.67 bits per heavy atom. The fourth-order valence-electron chi connectivity index (χ4n) is 2.36. The highest BCUT2D eigenvalue weighted by atomic mass is 16.5. The molecule has 0 bridgehead atoms. The zero-order valence-corrected chi connectivity index (χ0v) is 12.2. The van der Waals surface area contributed by atoms with E-state index in [9.17, 15) is 0 Å². The van der Waals surface area contributed by atoms with Crippen LogP contribution in [-0.2, 0) is 7.05 Å². The number of anilines is 2. The molecule has 21 heavy (non-hydrogen) atoms. The van der Waals surface area contributed by atoms with Crippen LogP contribution in [0.1, 0.15) is 18.5 Å². The number of aromatic nitrogens is 5. The molecule has 0 radical (unpaired) electrons. The van der Waals surface area contributed by atoms with Crippen molar-refractivity contribution in [1.82, 2.24) is 24.7 Å². The number of piperidine rings is 1. The summed E-state index contributed by atoms with van der Waals surface area (Å²) in [5, 5.41) is 4.30. The van der Waals surface area contributed by atoms with Crippen molar-refractivity contribution in [3.05, 3.63) is 18.1 Å². The molecule has 1 fully saturated rings. The summed E-state index contributed by atoms with van der Waals surface area (Å²) in [5.41, 5.74) is 6.62. The molecule has 112 valence electrons. The molecule has 1 aliphatic heterocycles. The molecule has 0 aromatic carbocycles. The maximum Gasteiger partial charge on any atom is 0.246 e. The lowest BCUT2D eigenvalue weighted by Crippen LogP contribution is -2.39. The summed E-state index contributed by atoms with van der Waals surface area (Å²) in [7, 11) is 1.79. The van der Waals surface area contributed by atoms with Gasteiger partial charge in [-0.1, -0.05) is 0 Å². The first kappa shape index (κ1) is 13.6. The smallest absolute Gasteiger partial charge is 0.246 e. The number of nitrogen functional groups attached to an aromatic ring is 1. The van der Waals surface area contributed by atoms with Gasteiger partial charge in [0.15, 0.2) is 0 Å². The van der Waals surface area contributed by atoms with Gasteiger partial charge in [0, 0.05) is 44.7 Å². The summed E-state index contributed by atoms with van der Waals surface area (Å²) in [5.74, 6) is 1.76. The van der Waals surface area contributed by atoms with Gasteiger partial charge in [-0.25, -0.2) is 14.6 Å². The van der Waals surface area contributed by atoms with Crippen LogP contribution in [0.25, 0.3) is 0 Å². The highest BCUT2D eigenvalue weighted by molar-refractivity contribution is 5.35. The molecule has 0 saturated carbocycles. The van der Waals surface area contributed by atoms with Gasteiger partial charge in [-0.2, -0.15) is 4.98 Å². The number of nitrogens with zero attached hydrogens (tertiary/aromatic N) is 6. The van der Waals surface area contributed by atoms with E-state index in [1.54, 1.807) is 11.7 Å². The van der Waals surface area contributed by atoms with E-state index in [1.165, 1.54) is 6.33 Å². The monoisotopic (exact) mass is 289 g/mol. The summed E-state index contributed by atoms with van der Waals surface area (Å²) in [6.45, 7) is 3.62. The molecular formula is C13H19N7O. The summed E-state index contributed by atoms with van der Waals surface area (Å²) < 4.78 is 7.49. The molecule has 3 heterocycles. The van der Waals surface area contributed by atoms with Gasteiger partial charge in [0.1, 0.15) is 12.4 Å². The molecule has 8 heteroatoms. The van der Waals surface area contributed by atoms with Crippen molar-refractivity contribution in [2.75, 3.05) is 23.7 Å². The first-order valence-corrected chi connectivity index (χ1v) is 6.98. The van der Waals surface area contributed by atoms with Gasteiger partial charge in [0.05, 0.1) is 0 Å². The Bertz CT molecular complexity index is 599. The van der Waals surface area contributed by atoms with E-state index in [4.69, 9.17) is 10.5 Å². The lowest BCUT2D eigenvalue weighted by molar-refractivity contribution is 0.163. The normalized spacial score (nSPS) is 16.2. The van der Waals surface area contributed by atoms with Crippen molar-refractivity contribution < 1.29 is 4.74 Å². The lowest BCUT2D eigenvalue weighted by atomic mass is 10.1. The van der Waals surface area contributed by atoms with Crippen LogP contribution in [0.2, 0.25) is 0 Å². The number of aryl methyl sites for hydroxylation is 2. The summed E-state index contributed by atoms with van der Waals surface area (Å²) in [6.07, 6.45) is 3.50.